The molecular formula is C26H39ClO4. The van der Waals surface area contributed by atoms with E-state index in [1.54, 1.807) is 0 Å². The minimum atomic E-state index is -0.191. The second-order valence-corrected chi connectivity index (χ2v) is 12.6. The fourth-order valence-corrected chi connectivity index (χ4v) is 10.6. The number of carbonyl (C=O) groups is 2. The van der Waals surface area contributed by atoms with E-state index in [0.717, 1.165) is 31.1 Å². The molecule has 0 aromatic rings. The van der Waals surface area contributed by atoms with E-state index in [9.17, 15) is 9.59 Å². The molecule has 0 amide bonds. The van der Waals surface area contributed by atoms with Gasteiger partial charge in [0.05, 0.1) is 4.87 Å². The summed E-state index contributed by atoms with van der Waals surface area (Å²) >= 11 is 7.59. The molecule has 5 saturated carbocycles. The molecule has 174 valence electrons. The van der Waals surface area contributed by atoms with Crippen molar-refractivity contribution >= 4 is 23.5 Å². The smallest absolute Gasteiger partial charge is 0.302 e. The summed E-state index contributed by atoms with van der Waals surface area (Å²) in [6, 6.07) is 0. The van der Waals surface area contributed by atoms with Crippen molar-refractivity contribution in [1.82, 2.24) is 0 Å². The maximum Gasteiger partial charge on any atom is 0.302 e. The fourth-order valence-electron chi connectivity index (χ4n) is 9.93. The van der Waals surface area contributed by atoms with Crippen LogP contribution in [0.3, 0.4) is 0 Å². The van der Waals surface area contributed by atoms with Gasteiger partial charge in [-0.05, 0) is 99.2 Å². The van der Waals surface area contributed by atoms with Gasteiger partial charge in [0.25, 0.3) is 0 Å². The van der Waals surface area contributed by atoms with Crippen molar-refractivity contribution in [2.24, 2.45) is 40.4 Å². The van der Waals surface area contributed by atoms with Gasteiger partial charge in [-0.2, -0.15) is 0 Å². The molecule has 5 aliphatic carbocycles. The maximum atomic E-state index is 11.6. The second-order valence-electron chi connectivity index (χ2n) is 11.9. The molecule has 0 aromatic heterocycles. The first-order chi connectivity index (χ1) is 14.6. The zero-order chi connectivity index (χ0) is 22.2. The molecule has 0 heterocycles. The zero-order valence-electron chi connectivity index (χ0n) is 19.6. The first-order valence-corrected chi connectivity index (χ1v) is 13.0. The van der Waals surface area contributed by atoms with Gasteiger partial charge in [-0.25, -0.2) is 0 Å². The van der Waals surface area contributed by atoms with E-state index < -0.39 is 0 Å². The third-order valence-corrected chi connectivity index (χ3v) is 11.7. The molecule has 0 aliphatic heterocycles. The van der Waals surface area contributed by atoms with Crippen LogP contribution < -0.4 is 0 Å². The Labute approximate surface area is 192 Å². The Morgan fingerprint density at radius 3 is 2.42 bits per heavy atom. The lowest BCUT2D eigenvalue weighted by Crippen LogP contribution is -2.62. The van der Waals surface area contributed by atoms with Crippen molar-refractivity contribution in [1.29, 1.82) is 0 Å². The van der Waals surface area contributed by atoms with Gasteiger partial charge < -0.3 is 9.47 Å². The number of hydrogen-bond acceptors (Lipinski definition) is 4. The molecule has 5 rings (SSSR count). The van der Waals surface area contributed by atoms with Crippen molar-refractivity contribution in [3.05, 3.63) is 0 Å². The molecule has 5 heteroatoms. The minimum Gasteiger partial charge on any atom is -0.463 e. The topological polar surface area (TPSA) is 52.6 Å². The predicted molar refractivity (Wildman–Crippen MR) is 120 cm³/mol. The molecule has 4 nitrogen and oxygen atoms in total. The lowest BCUT2D eigenvalue weighted by Gasteiger charge is -2.64. The van der Waals surface area contributed by atoms with Crippen LogP contribution in [0.15, 0.2) is 0 Å². The van der Waals surface area contributed by atoms with E-state index in [2.05, 4.69) is 13.8 Å². The van der Waals surface area contributed by atoms with Gasteiger partial charge in [-0.1, -0.05) is 6.92 Å². The number of alkyl halides is 1. The SMILES string of the molecule is CC(=O)O[C@H]1CC[C@]23CC[C@H](C[C@H]4[C@@H]5CC[C@H]([C@@H](C)OC(C)=O)[C@@]5(C)CC[C@@H]42)[C@@]3(Cl)C1. The van der Waals surface area contributed by atoms with Crippen LogP contribution in [0, 0.1) is 40.4 Å². The van der Waals surface area contributed by atoms with Crippen molar-refractivity contribution in [3.8, 4) is 0 Å². The normalized spacial score (nSPS) is 51.3. The van der Waals surface area contributed by atoms with Crippen LogP contribution in [0.1, 0.15) is 91.9 Å². The molecule has 0 radical (unpaired) electrons. The Morgan fingerprint density at radius 1 is 0.968 bits per heavy atom. The lowest BCUT2D eigenvalue weighted by molar-refractivity contribution is -0.162. The number of fused-ring (bicyclic) bond motifs is 3. The van der Waals surface area contributed by atoms with E-state index in [1.165, 1.54) is 58.8 Å². The Hall–Kier alpha value is -0.770. The molecule has 5 aliphatic rings. The molecule has 5 fully saturated rings. The van der Waals surface area contributed by atoms with Gasteiger partial charge in [0.15, 0.2) is 0 Å². The van der Waals surface area contributed by atoms with Gasteiger partial charge >= 0.3 is 11.9 Å². The minimum absolute atomic E-state index is 0.00503. The van der Waals surface area contributed by atoms with Crippen molar-refractivity contribution in [2.45, 2.75) is 109 Å². The van der Waals surface area contributed by atoms with Crippen LogP contribution in [0.25, 0.3) is 0 Å². The monoisotopic (exact) mass is 450 g/mol. The molecule has 0 unspecified atom stereocenters. The van der Waals surface area contributed by atoms with E-state index in [-0.39, 0.29) is 39.9 Å². The summed E-state index contributed by atoms with van der Waals surface area (Å²) in [6.07, 6.45) is 11.6. The van der Waals surface area contributed by atoms with Gasteiger partial charge in [-0.15, -0.1) is 11.6 Å². The Kier molecular flexibility index (Phi) is 5.24. The summed E-state index contributed by atoms with van der Waals surface area (Å²) in [5, 5.41) is 0. The van der Waals surface area contributed by atoms with Crippen LogP contribution in [0.4, 0.5) is 0 Å². The quantitative estimate of drug-likeness (QED) is 0.397. The van der Waals surface area contributed by atoms with Gasteiger partial charge in [0.2, 0.25) is 0 Å². The second kappa shape index (κ2) is 7.37. The van der Waals surface area contributed by atoms with E-state index in [0.29, 0.717) is 17.8 Å². The van der Waals surface area contributed by atoms with Crippen LogP contribution in [-0.4, -0.2) is 29.0 Å². The van der Waals surface area contributed by atoms with E-state index in [4.69, 9.17) is 21.1 Å². The highest BCUT2D eigenvalue weighted by Gasteiger charge is 2.71. The highest BCUT2D eigenvalue weighted by molar-refractivity contribution is 6.25. The molecule has 0 spiro atoms. The van der Waals surface area contributed by atoms with Gasteiger partial charge in [-0.3, -0.25) is 9.59 Å². The Balaban J connectivity index is 1.41. The van der Waals surface area contributed by atoms with Gasteiger partial charge in [0, 0.05) is 26.2 Å². The number of ether oxygens (including phenoxy) is 2. The van der Waals surface area contributed by atoms with Gasteiger partial charge in [0.1, 0.15) is 12.2 Å². The van der Waals surface area contributed by atoms with Crippen molar-refractivity contribution in [3.63, 3.8) is 0 Å². The van der Waals surface area contributed by atoms with Crippen molar-refractivity contribution in [2.75, 3.05) is 0 Å². The zero-order valence-corrected chi connectivity index (χ0v) is 20.4. The fraction of sp³-hybridized carbons (Fsp3) is 0.923. The number of carbonyl (C=O) groups excluding carboxylic acids is 2. The molecule has 10 atom stereocenters. The lowest BCUT2D eigenvalue weighted by atomic mass is 9.44. The first kappa shape index (κ1) is 22.0. The average Bonchev–Trinajstić information content (AvgIpc) is 3.10. The maximum absolute atomic E-state index is 11.6. The van der Waals surface area contributed by atoms with E-state index >= 15 is 0 Å². The molecule has 31 heavy (non-hydrogen) atoms. The van der Waals surface area contributed by atoms with Crippen LogP contribution in [-0.2, 0) is 19.1 Å². The van der Waals surface area contributed by atoms with E-state index in [1.807, 2.05) is 0 Å². The highest BCUT2D eigenvalue weighted by atomic mass is 35.5. The number of halogens is 1. The summed E-state index contributed by atoms with van der Waals surface area (Å²) in [6.45, 7) is 7.65. The number of rotatable bonds is 3. The molecule has 0 N–H and O–H groups in total. The molecular weight excluding hydrogens is 412 g/mol. The highest BCUT2D eigenvalue weighted by Crippen LogP contribution is 2.76. The first-order valence-electron chi connectivity index (χ1n) is 12.6. The summed E-state index contributed by atoms with van der Waals surface area (Å²) in [5.41, 5.74) is 0.493. The molecule has 2 bridgehead atoms. The summed E-state index contributed by atoms with van der Waals surface area (Å²) in [4.78, 5) is 23.0. The standard InChI is InChI=1S/C26H39ClO4/c1-15(30-16(2)28)21-5-6-22-20-13-18-7-11-25(23(20)9-10-24(21,22)4)12-8-19(31-17(3)29)14-26(18,25)27/h15,18-23H,5-14H2,1-4H3/t15-,18-,19+,20+,21-,22+,23+,24-,25-,26+/m1/s1. The predicted octanol–water partition coefficient (Wildman–Crippen LogP) is 5.89. The van der Waals surface area contributed by atoms with Crippen LogP contribution >= 0.6 is 11.6 Å². The summed E-state index contributed by atoms with van der Waals surface area (Å²) < 4.78 is 11.3. The molecule has 0 aromatic carbocycles. The summed E-state index contributed by atoms with van der Waals surface area (Å²) in [5.74, 6) is 2.86. The summed E-state index contributed by atoms with van der Waals surface area (Å²) in [7, 11) is 0. The largest absolute Gasteiger partial charge is 0.463 e. The van der Waals surface area contributed by atoms with Crippen LogP contribution in [0.5, 0.6) is 0 Å². The van der Waals surface area contributed by atoms with Crippen molar-refractivity contribution < 1.29 is 19.1 Å². The third kappa shape index (κ3) is 3.05. The molecule has 0 saturated heterocycles. The number of hydrogen-bond donors (Lipinski definition) is 0. The van der Waals surface area contributed by atoms with Crippen LogP contribution in [0.2, 0.25) is 0 Å². The Morgan fingerprint density at radius 2 is 1.71 bits per heavy atom. The average molecular weight is 451 g/mol. The Bertz CT molecular complexity index is 769. The third-order valence-electron chi connectivity index (χ3n) is 10.9. The number of esters is 2.